The number of hydrogen-bond donors (Lipinski definition) is 2. The van der Waals surface area contributed by atoms with Crippen LogP contribution in [0.25, 0.3) is 0 Å². The van der Waals surface area contributed by atoms with Crippen LogP contribution >= 0.6 is 0 Å². The molecule has 1 unspecified atom stereocenters. The Hall–Kier alpha value is -2.77. The molecule has 1 aromatic carbocycles. The van der Waals surface area contributed by atoms with Gasteiger partial charge in [-0.05, 0) is 36.6 Å². The largest absolute Gasteiger partial charge is 0.357 e. The summed E-state index contributed by atoms with van der Waals surface area (Å²) in [6, 6.07) is 3.57. The average Bonchev–Trinajstić information content (AvgIpc) is 3.06. The Morgan fingerprint density at radius 3 is 2.42 bits per heavy atom. The lowest BCUT2D eigenvalue weighted by atomic mass is 10.1. The van der Waals surface area contributed by atoms with Crippen LogP contribution in [0.15, 0.2) is 24.3 Å². The third-order valence-electron chi connectivity index (χ3n) is 3.98. The molecule has 0 aliphatic carbocycles. The summed E-state index contributed by atoms with van der Waals surface area (Å²) in [6.07, 6.45) is 0. The monoisotopic (exact) mass is 364 g/mol. The highest BCUT2D eigenvalue weighted by Crippen LogP contribution is 2.19. The Morgan fingerprint density at radius 2 is 1.88 bits per heavy atom. The van der Waals surface area contributed by atoms with Gasteiger partial charge in [0.25, 0.3) is 5.91 Å². The SMILES string of the molecule is CCn1nc(C(C)C)cc1C(=O)NC(C(=O)NC)c1ccc(F)c(F)c1. The molecule has 6 nitrogen and oxygen atoms in total. The molecule has 2 rings (SSSR count). The smallest absolute Gasteiger partial charge is 0.270 e. The number of aromatic nitrogens is 2. The van der Waals surface area contributed by atoms with E-state index in [0.29, 0.717) is 12.2 Å². The van der Waals surface area contributed by atoms with Crippen molar-refractivity contribution in [1.29, 1.82) is 0 Å². The number of carbonyl (C=O) groups excluding carboxylic acids is 2. The van der Waals surface area contributed by atoms with Gasteiger partial charge < -0.3 is 10.6 Å². The first-order chi connectivity index (χ1) is 12.3. The molecule has 2 N–H and O–H groups in total. The van der Waals surface area contributed by atoms with E-state index >= 15 is 0 Å². The zero-order valence-electron chi connectivity index (χ0n) is 15.1. The van der Waals surface area contributed by atoms with Crippen molar-refractivity contribution in [2.45, 2.75) is 39.3 Å². The van der Waals surface area contributed by atoms with Crippen LogP contribution in [0.3, 0.4) is 0 Å². The third kappa shape index (κ3) is 4.07. The summed E-state index contributed by atoms with van der Waals surface area (Å²) >= 11 is 0. The number of carbonyl (C=O) groups is 2. The van der Waals surface area contributed by atoms with Crippen molar-refractivity contribution >= 4 is 11.8 Å². The third-order valence-corrected chi connectivity index (χ3v) is 3.98. The van der Waals surface area contributed by atoms with Crippen molar-refractivity contribution in [3.05, 3.63) is 52.9 Å². The fourth-order valence-corrected chi connectivity index (χ4v) is 2.48. The Kier molecular flexibility index (Phi) is 6.07. The van der Waals surface area contributed by atoms with Crippen LogP contribution in [0.2, 0.25) is 0 Å². The maximum absolute atomic E-state index is 13.5. The van der Waals surface area contributed by atoms with Crippen LogP contribution in [0.1, 0.15) is 54.5 Å². The number of nitrogens with zero attached hydrogens (tertiary/aromatic N) is 2. The van der Waals surface area contributed by atoms with Gasteiger partial charge in [0.1, 0.15) is 11.7 Å². The van der Waals surface area contributed by atoms with E-state index in [1.807, 2.05) is 20.8 Å². The molecule has 8 heteroatoms. The zero-order valence-corrected chi connectivity index (χ0v) is 15.1. The van der Waals surface area contributed by atoms with Crippen LogP contribution in [0.4, 0.5) is 8.78 Å². The van der Waals surface area contributed by atoms with Crippen LogP contribution in [0.5, 0.6) is 0 Å². The van der Waals surface area contributed by atoms with E-state index in [9.17, 15) is 18.4 Å². The molecule has 0 saturated heterocycles. The zero-order chi connectivity index (χ0) is 19.4. The van der Waals surface area contributed by atoms with E-state index < -0.39 is 29.5 Å². The lowest BCUT2D eigenvalue weighted by molar-refractivity contribution is -0.122. The first-order valence-electron chi connectivity index (χ1n) is 8.33. The summed E-state index contributed by atoms with van der Waals surface area (Å²) in [5, 5.41) is 9.35. The van der Waals surface area contributed by atoms with E-state index in [1.165, 1.54) is 17.8 Å². The van der Waals surface area contributed by atoms with Gasteiger partial charge in [-0.2, -0.15) is 5.10 Å². The minimum atomic E-state index is -1.16. The summed E-state index contributed by atoms with van der Waals surface area (Å²) < 4.78 is 28.3. The second-order valence-corrected chi connectivity index (χ2v) is 6.12. The number of amides is 2. The molecule has 0 aliphatic heterocycles. The maximum atomic E-state index is 13.5. The average molecular weight is 364 g/mol. The molecular weight excluding hydrogens is 342 g/mol. The molecule has 1 atom stereocenters. The summed E-state index contributed by atoms with van der Waals surface area (Å²) in [7, 11) is 1.40. The molecule has 0 aliphatic rings. The summed E-state index contributed by atoms with van der Waals surface area (Å²) in [4.78, 5) is 24.9. The van der Waals surface area contributed by atoms with Crippen molar-refractivity contribution in [2.24, 2.45) is 0 Å². The molecule has 2 amide bonds. The minimum absolute atomic E-state index is 0.135. The van der Waals surface area contributed by atoms with Crippen LogP contribution < -0.4 is 10.6 Å². The van der Waals surface area contributed by atoms with E-state index in [4.69, 9.17) is 0 Å². The Bertz CT molecular complexity index is 818. The fraction of sp³-hybridized carbons (Fsp3) is 0.389. The summed E-state index contributed by atoms with van der Waals surface area (Å²) in [5.41, 5.74) is 1.19. The molecular formula is C18H22F2N4O2. The standard InChI is InChI=1S/C18H22F2N4O2/c1-5-24-15(9-14(23-24)10(2)3)17(25)22-16(18(26)21-4)11-6-7-12(19)13(20)8-11/h6-10,16H,5H2,1-4H3,(H,21,26)(H,22,25). The van der Waals surface area contributed by atoms with E-state index in [1.54, 1.807) is 6.07 Å². The van der Waals surface area contributed by atoms with Crippen molar-refractivity contribution in [2.75, 3.05) is 7.05 Å². The second kappa shape index (κ2) is 8.07. The number of rotatable bonds is 6. The molecule has 2 aromatic rings. The fourth-order valence-electron chi connectivity index (χ4n) is 2.48. The number of halogens is 2. The van der Waals surface area contributed by atoms with Gasteiger partial charge in [0.15, 0.2) is 11.6 Å². The Morgan fingerprint density at radius 1 is 1.19 bits per heavy atom. The van der Waals surface area contributed by atoms with Gasteiger partial charge in [-0.1, -0.05) is 19.9 Å². The number of nitrogens with one attached hydrogen (secondary N) is 2. The highest BCUT2D eigenvalue weighted by atomic mass is 19.2. The minimum Gasteiger partial charge on any atom is -0.357 e. The van der Waals surface area contributed by atoms with Gasteiger partial charge in [0.2, 0.25) is 5.91 Å². The van der Waals surface area contributed by atoms with E-state index in [0.717, 1.165) is 17.8 Å². The Labute approximate surface area is 150 Å². The van der Waals surface area contributed by atoms with Crippen molar-refractivity contribution < 1.29 is 18.4 Å². The number of hydrogen-bond acceptors (Lipinski definition) is 3. The van der Waals surface area contributed by atoms with Crippen molar-refractivity contribution in [1.82, 2.24) is 20.4 Å². The number of aryl methyl sites for hydroxylation is 1. The molecule has 1 heterocycles. The number of likely N-dealkylation sites (N-methyl/N-ethyl adjacent to an activating group) is 1. The molecule has 0 fully saturated rings. The lowest BCUT2D eigenvalue weighted by Crippen LogP contribution is -2.39. The number of benzene rings is 1. The van der Waals surface area contributed by atoms with Gasteiger partial charge in [0.05, 0.1) is 5.69 Å². The topological polar surface area (TPSA) is 76.0 Å². The summed E-state index contributed by atoms with van der Waals surface area (Å²) in [6.45, 7) is 6.24. The molecule has 1 aromatic heterocycles. The molecule has 26 heavy (non-hydrogen) atoms. The normalized spacial score (nSPS) is 12.1. The van der Waals surface area contributed by atoms with Crippen LogP contribution in [-0.4, -0.2) is 28.6 Å². The molecule has 140 valence electrons. The molecule has 0 spiro atoms. The molecule has 0 bridgehead atoms. The second-order valence-electron chi connectivity index (χ2n) is 6.12. The predicted octanol–water partition coefficient (Wildman–Crippen LogP) is 2.52. The van der Waals surface area contributed by atoms with Gasteiger partial charge >= 0.3 is 0 Å². The van der Waals surface area contributed by atoms with Crippen LogP contribution in [0, 0.1) is 11.6 Å². The van der Waals surface area contributed by atoms with Gasteiger partial charge in [0, 0.05) is 13.6 Å². The molecule has 0 radical (unpaired) electrons. The maximum Gasteiger partial charge on any atom is 0.270 e. The van der Waals surface area contributed by atoms with E-state index in [2.05, 4.69) is 15.7 Å². The van der Waals surface area contributed by atoms with Gasteiger partial charge in [-0.15, -0.1) is 0 Å². The first-order valence-corrected chi connectivity index (χ1v) is 8.33. The molecule has 0 saturated carbocycles. The van der Waals surface area contributed by atoms with Gasteiger partial charge in [-0.25, -0.2) is 8.78 Å². The lowest BCUT2D eigenvalue weighted by Gasteiger charge is -2.18. The predicted molar refractivity (Wildman–Crippen MR) is 92.6 cm³/mol. The Balaban J connectivity index is 2.35. The first kappa shape index (κ1) is 19.6. The highest BCUT2D eigenvalue weighted by Gasteiger charge is 2.25. The quantitative estimate of drug-likeness (QED) is 0.827. The van der Waals surface area contributed by atoms with Crippen molar-refractivity contribution in [3.63, 3.8) is 0 Å². The van der Waals surface area contributed by atoms with Gasteiger partial charge in [-0.3, -0.25) is 14.3 Å². The van der Waals surface area contributed by atoms with Crippen molar-refractivity contribution in [3.8, 4) is 0 Å². The summed E-state index contributed by atoms with van der Waals surface area (Å²) in [5.74, 6) is -3.05. The highest BCUT2D eigenvalue weighted by molar-refractivity contribution is 5.96. The van der Waals surface area contributed by atoms with E-state index in [-0.39, 0.29) is 11.5 Å². The van der Waals surface area contributed by atoms with Crippen LogP contribution in [-0.2, 0) is 11.3 Å².